The highest BCUT2D eigenvalue weighted by molar-refractivity contribution is 6.00. The van der Waals surface area contributed by atoms with Gasteiger partial charge in [-0.15, -0.1) is 0 Å². The van der Waals surface area contributed by atoms with Crippen LogP contribution in [0.1, 0.15) is 29.4 Å². The maximum absolute atomic E-state index is 13.2. The van der Waals surface area contributed by atoms with Crippen molar-refractivity contribution in [2.45, 2.75) is 13.3 Å². The molecular weight excluding hydrogens is 312 g/mol. The Hall–Kier alpha value is -2.82. The fraction of sp³-hybridized carbons (Fsp3) is 0.158. The van der Waals surface area contributed by atoms with E-state index in [4.69, 9.17) is 4.74 Å². The molecule has 3 nitrogen and oxygen atoms in total. The van der Waals surface area contributed by atoms with Crippen LogP contribution in [-0.4, -0.2) is 17.6 Å². The summed E-state index contributed by atoms with van der Waals surface area (Å²) in [6, 6.07) is 15.3. The highest BCUT2D eigenvalue weighted by atomic mass is 19.3. The van der Waals surface area contributed by atoms with E-state index in [1.807, 2.05) is 30.3 Å². The van der Waals surface area contributed by atoms with Crippen molar-refractivity contribution < 1.29 is 18.3 Å². The maximum Gasteiger partial charge on any atom is 0.338 e. The minimum atomic E-state index is -2.67. The van der Waals surface area contributed by atoms with Gasteiger partial charge >= 0.3 is 5.97 Å². The van der Waals surface area contributed by atoms with E-state index in [1.165, 1.54) is 12.1 Å². The summed E-state index contributed by atoms with van der Waals surface area (Å²) in [5.74, 6) is -0.448. The summed E-state index contributed by atoms with van der Waals surface area (Å²) < 4.78 is 31.3. The number of hydrogen-bond acceptors (Lipinski definition) is 3. The highest BCUT2D eigenvalue weighted by Gasteiger charge is 2.16. The summed E-state index contributed by atoms with van der Waals surface area (Å²) >= 11 is 0. The van der Waals surface area contributed by atoms with E-state index in [2.05, 4.69) is 4.98 Å². The molecular formula is C19H15F2NO2. The summed E-state index contributed by atoms with van der Waals surface area (Å²) in [5, 5.41) is 0.635. The molecule has 0 fully saturated rings. The van der Waals surface area contributed by atoms with E-state index in [9.17, 15) is 13.6 Å². The Balaban J connectivity index is 2.24. The summed E-state index contributed by atoms with van der Waals surface area (Å²) in [6.45, 7) is 2.00. The lowest BCUT2D eigenvalue weighted by Gasteiger charge is -2.11. The van der Waals surface area contributed by atoms with Crippen molar-refractivity contribution in [2.24, 2.45) is 0 Å². The molecule has 24 heavy (non-hydrogen) atoms. The van der Waals surface area contributed by atoms with Crippen LogP contribution in [0.5, 0.6) is 0 Å². The van der Waals surface area contributed by atoms with Crippen LogP contribution in [0.25, 0.3) is 22.0 Å². The first-order valence-electron chi connectivity index (χ1n) is 7.55. The average molecular weight is 327 g/mol. The number of carbonyl (C=O) groups excluding carboxylic acids is 1. The maximum atomic E-state index is 13.2. The van der Waals surface area contributed by atoms with Gasteiger partial charge in [-0.05, 0) is 42.3 Å². The number of esters is 1. The monoisotopic (exact) mass is 327 g/mol. The van der Waals surface area contributed by atoms with Crippen LogP contribution in [0.4, 0.5) is 8.78 Å². The van der Waals surface area contributed by atoms with Crippen LogP contribution in [0.2, 0.25) is 0 Å². The highest BCUT2D eigenvalue weighted by Crippen LogP contribution is 2.32. The molecule has 0 aliphatic rings. The molecule has 3 rings (SSSR count). The Morgan fingerprint density at radius 3 is 2.54 bits per heavy atom. The molecule has 0 radical (unpaired) electrons. The molecule has 0 bridgehead atoms. The first-order chi connectivity index (χ1) is 11.6. The predicted octanol–water partition coefficient (Wildman–Crippen LogP) is 5.02. The van der Waals surface area contributed by atoms with Gasteiger partial charge in [-0.25, -0.2) is 18.6 Å². The molecule has 0 saturated heterocycles. The number of pyridine rings is 1. The van der Waals surface area contributed by atoms with Crippen LogP contribution in [0.3, 0.4) is 0 Å². The van der Waals surface area contributed by atoms with Crippen LogP contribution in [0.15, 0.2) is 54.6 Å². The van der Waals surface area contributed by atoms with Crippen molar-refractivity contribution in [2.75, 3.05) is 6.61 Å². The summed E-state index contributed by atoms with van der Waals surface area (Å²) in [5.41, 5.74) is 1.90. The Bertz CT molecular complexity index is 879. The fourth-order valence-corrected chi connectivity index (χ4v) is 2.56. The molecule has 0 N–H and O–H groups in total. The number of fused-ring (bicyclic) bond motifs is 1. The van der Waals surface area contributed by atoms with Crippen molar-refractivity contribution in [3.8, 4) is 11.1 Å². The minimum Gasteiger partial charge on any atom is -0.462 e. The number of nitrogens with zero attached hydrogens (tertiary/aromatic N) is 1. The summed E-state index contributed by atoms with van der Waals surface area (Å²) in [4.78, 5) is 16.0. The van der Waals surface area contributed by atoms with Gasteiger partial charge < -0.3 is 4.74 Å². The molecule has 0 aliphatic heterocycles. The molecule has 1 heterocycles. The third kappa shape index (κ3) is 3.11. The van der Waals surface area contributed by atoms with Crippen LogP contribution >= 0.6 is 0 Å². The summed E-state index contributed by atoms with van der Waals surface area (Å²) in [7, 11) is 0. The van der Waals surface area contributed by atoms with Crippen LogP contribution < -0.4 is 0 Å². The minimum absolute atomic E-state index is 0.269. The average Bonchev–Trinajstić information content (AvgIpc) is 2.61. The standard InChI is InChI=1S/C19H15F2NO2/c1-2-24-19(23)13-8-9-16-15(10-13)14(11-17(22-16)18(20)21)12-6-4-3-5-7-12/h3-11,18H,2H2,1H3. The normalized spacial score (nSPS) is 11.0. The lowest BCUT2D eigenvalue weighted by molar-refractivity contribution is 0.0526. The second-order valence-corrected chi connectivity index (χ2v) is 5.21. The topological polar surface area (TPSA) is 39.2 Å². The zero-order chi connectivity index (χ0) is 17.1. The van der Waals surface area contributed by atoms with Crippen molar-refractivity contribution >= 4 is 16.9 Å². The van der Waals surface area contributed by atoms with Crippen molar-refractivity contribution in [3.63, 3.8) is 0 Å². The number of rotatable bonds is 4. The number of halogens is 2. The van der Waals surface area contributed by atoms with Gasteiger partial charge in [0.25, 0.3) is 6.43 Å². The number of aromatic nitrogens is 1. The number of alkyl halides is 2. The molecule has 0 aliphatic carbocycles. The molecule has 5 heteroatoms. The SMILES string of the molecule is CCOC(=O)c1ccc2nc(C(F)F)cc(-c3ccccc3)c2c1. The second-order valence-electron chi connectivity index (χ2n) is 5.21. The predicted molar refractivity (Wildman–Crippen MR) is 88.1 cm³/mol. The Labute approximate surface area is 137 Å². The van der Waals surface area contributed by atoms with Gasteiger partial charge in [0.05, 0.1) is 17.7 Å². The zero-order valence-electron chi connectivity index (χ0n) is 13.0. The van der Waals surface area contributed by atoms with E-state index in [0.29, 0.717) is 22.0 Å². The van der Waals surface area contributed by atoms with E-state index < -0.39 is 12.4 Å². The third-order valence-electron chi connectivity index (χ3n) is 3.65. The fourth-order valence-electron chi connectivity index (χ4n) is 2.56. The molecule has 1 aromatic heterocycles. The van der Waals surface area contributed by atoms with Gasteiger partial charge in [-0.1, -0.05) is 30.3 Å². The smallest absolute Gasteiger partial charge is 0.338 e. The molecule has 0 spiro atoms. The summed E-state index contributed by atoms with van der Waals surface area (Å²) in [6.07, 6.45) is -2.67. The van der Waals surface area contributed by atoms with E-state index in [1.54, 1.807) is 19.1 Å². The van der Waals surface area contributed by atoms with E-state index >= 15 is 0 Å². The molecule has 122 valence electrons. The Morgan fingerprint density at radius 2 is 1.88 bits per heavy atom. The van der Waals surface area contributed by atoms with Gasteiger partial charge in [0.15, 0.2) is 0 Å². The number of carbonyl (C=O) groups is 1. The molecule has 0 atom stereocenters. The first kappa shape index (κ1) is 16.1. The molecule has 3 aromatic rings. The van der Waals surface area contributed by atoms with E-state index in [-0.39, 0.29) is 12.3 Å². The van der Waals surface area contributed by atoms with Crippen molar-refractivity contribution in [3.05, 3.63) is 65.9 Å². The number of ether oxygens (including phenoxy) is 1. The Kier molecular flexibility index (Phi) is 4.51. The molecule has 0 amide bonds. The van der Waals surface area contributed by atoms with E-state index in [0.717, 1.165) is 5.56 Å². The van der Waals surface area contributed by atoms with Crippen LogP contribution in [0, 0.1) is 0 Å². The largest absolute Gasteiger partial charge is 0.462 e. The number of benzene rings is 2. The lowest BCUT2D eigenvalue weighted by Crippen LogP contribution is -2.05. The lowest BCUT2D eigenvalue weighted by atomic mass is 9.98. The van der Waals surface area contributed by atoms with Gasteiger partial charge in [0.2, 0.25) is 0 Å². The molecule has 2 aromatic carbocycles. The molecule has 0 saturated carbocycles. The van der Waals surface area contributed by atoms with Gasteiger partial charge in [-0.3, -0.25) is 0 Å². The van der Waals surface area contributed by atoms with Gasteiger partial charge in [0, 0.05) is 5.39 Å². The van der Waals surface area contributed by atoms with Crippen molar-refractivity contribution in [1.29, 1.82) is 0 Å². The zero-order valence-corrected chi connectivity index (χ0v) is 13.0. The molecule has 0 unspecified atom stereocenters. The Morgan fingerprint density at radius 1 is 1.12 bits per heavy atom. The number of hydrogen-bond donors (Lipinski definition) is 0. The van der Waals surface area contributed by atoms with Crippen LogP contribution in [-0.2, 0) is 4.74 Å². The van der Waals surface area contributed by atoms with Gasteiger partial charge in [-0.2, -0.15) is 0 Å². The van der Waals surface area contributed by atoms with Crippen molar-refractivity contribution in [1.82, 2.24) is 4.98 Å². The third-order valence-corrected chi connectivity index (χ3v) is 3.65. The first-order valence-corrected chi connectivity index (χ1v) is 7.55. The second kappa shape index (κ2) is 6.74. The quantitative estimate of drug-likeness (QED) is 0.632. The van der Waals surface area contributed by atoms with Gasteiger partial charge in [0.1, 0.15) is 5.69 Å².